The first-order valence-corrected chi connectivity index (χ1v) is 5.55. The van der Waals surface area contributed by atoms with Crippen LogP contribution in [0.1, 0.15) is 13.8 Å². The molecule has 1 N–H and O–H groups in total. The van der Waals surface area contributed by atoms with Crippen molar-refractivity contribution < 1.29 is 18.9 Å². The molecule has 3 aliphatic heterocycles. The Bertz CT molecular complexity index is 246. The van der Waals surface area contributed by atoms with Crippen molar-refractivity contribution in [1.29, 1.82) is 0 Å². The molecule has 3 saturated heterocycles. The third-order valence-electron chi connectivity index (χ3n) is 3.09. The quantitative estimate of drug-likeness (QED) is 0.616. The average molecular weight is 215 g/mol. The highest BCUT2D eigenvalue weighted by Gasteiger charge is 2.48. The van der Waals surface area contributed by atoms with Gasteiger partial charge in [-0.3, -0.25) is 0 Å². The van der Waals surface area contributed by atoms with Crippen LogP contribution in [0.2, 0.25) is 0 Å². The Hall–Kier alpha value is -0.200. The van der Waals surface area contributed by atoms with Gasteiger partial charge in [-0.25, -0.2) is 0 Å². The fourth-order valence-electron chi connectivity index (χ4n) is 2.28. The van der Waals surface area contributed by atoms with Crippen LogP contribution in [0, 0.1) is 0 Å². The van der Waals surface area contributed by atoms with E-state index in [2.05, 4.69) is 5.32 Å². The first-order valence-electron chi connectivity index (χ1n) is 5.55. The second-order valence-corrected chi connectivity index (χ2v) is 4.36. The normalized spacial score (nSPS) is 54.8. The van der Waals surface area contributed by atoms with Crippen LogP contribution in [0.15, 0.2) is 0 Å². The highest BCUT2D eigenvalue weighted by atomic mass is 16.8. The maximum absolute atomic E-state index is 5.76. The first kappa shape index (κ1) is 9.99. The van der Waals surface area contributed by atoms with Crippen molar-refractivity contribution in [2.75, 3.05) is 13.2 Å². The molecule has 5 heteroatoms. The van der Waals surface area contributed by atoms with Crippen molar-refractivity contribution in [2.24, 2.45) is 0 Å². The molecule has 3 aliphatic rings. The molecule has 0 saturated carbocycles. The highest BCUT2D eigenvalue weighted by molar-refractivity contribution is 5.00. The van der Waals surface area contributed by atoms with Crippen molar-refractivity contribution in [3.8, 4) is 0 Å². The summed E-state index contributed by atoms with van der Waals surface area (Å²) in [7, 11) is 0. The maximum atomic E-state index is 5.76. The number of nitrogens with one attached hydrogen (secondary N) is 1. The fraction of sp³-hybridized carbons (Fsp3) is 1.00. The standard InChI is InChI=1S/C10H17NO4/c1-5-12-4-8-10(14-5)9(7-3-11-7)15-6(2)13-8/h5-11H,3-4H2,1-2H3/t5-,6+,7-,8-,9-,10+/m0/s1. The van der Waals surface area contributed by atoms with Crippen LogP contribution >= 0.6 is 0 Å². The monoisotopic (exact) mass is 215 g/mol. The second-order valence-electron chi connectivity index (χ2n) is 4.36. The molecule has 0 bridgehead atoms. The molecule has 0 aromatic rings. The molecule has 3 fully saturated rings. The topological polar surface area (TPSA) is 58.9 Å². The van der Waals surface area contributed by atoms with Crippen molar-refractivity contribution >= 4 is 0 Å². The van der Waals surface area contributed by atoms with Gasteiger partial charge < -0.3 is 24.3 Å². The smallest absolute Gasteiger partial charge is 0.156 e. The Morgan fingerprint density at radius 1 is 1.00 bits per heavy atom. The minimum atomic E-state index is -0.167. The maximum Gasteiger partial charge on any atom is 0.156 e. The van der Waals surface area contributed by atoms with Gasteiger partial charge in [0.05, 0.1) is 6.61 Å². The molecular weight excluding hydrogens is 198 g/mol. The predicted molar refractivity (Wildman–Crippen MR) is 51.3 cm³/mol. The van der Waals surface area contributed by atoms with Gasteiger partial charge in [-0.15, -0.1) is 0 Å². The summed E-state index contributed by atoms with van der Waals surface area (Å²) >= 11 is 0. The van der Waals surface area contributed by atoms with E-state index in [1.54, 1.807) is 0 Å². The minimum Gasteiger partial charge on any atom is -0.350 e. The van der Waals surface area contributed by atoms with Gasteiger partial charge in [0.25, 0.3) is 0 Å². The van der Waals surface area contributed by atoms with Crippen molar-refractivity contribution in [3.63, 3.8) is 0 Å². The summed E-state index contributed by atoms with van der Waals surface area (Å²) in [6.07, 6.45) is -0.209. The third-order valence-corrected chi connectivity index (χ3v) is 3.09. The zero-order valence-electron chi connectivity index (χ0n) is 9.01. The van der Waals surface area contributed by atoms with E-state index >= 15 is 0 Å². The summed E-state index contributed by atoms with van der Waals surface area (Å²) in [5.41, 5.74) is 0. The van der Waals surface area contributed by atoms with Crippen LogP contribution in [0.3, 0.4) is 0 Å². The van der Waals surface area contributed by atoms with Gasteiger partial charge in [-0.1, -0.05) is 0 Å². The van der Waals surface area contributed by atoms with Gasteiger partial charge in [0.2, 0.25) is 0 Å². The molecule has 0 aliphatic carbocycles. The molecule has 5 nitrogen and oxygen atoms in total. The summed E-state index contributed by atoms with van der Waals surface area (Å²) in [5.74, 6) is 0. The summed E-state index contributed by atoms with van der Waals surface area (Å²) in [5, 5.41) is 3.27. The van der Waals surface area contributed by atoms with Gasteiger partial charge in [-0.05, 0) is 13.8 Å². The fourth-order valence-corrected chi connectivity index (χ4v) is 2.28. The Morgan fingerprint density at radius 2 is 1.73 bits per heavy atom. The summed E-state index contributed by atoms with van der Waals surface area (Å²) < 4.78 is 22.6. The lowest BCUT2D eigenvalue weighted by Crippen LogP contribution is -2.58. The molecule has 86 valence electrons. The van der Waals surface area contributed by atoms with Gasteiger partial charge in [0.15, 0.2) is 12.6 Å². The zero-order valence-corrected chi connectivity index (χ0v) is 9.01. The van der Waals surface area contributed by atoms with Gasteiger partial charge >= 0.3 is 0 Å². The van der Waals surface area contributed by atoms with Crippen LogP contribution in [0.5, 0.6) is 0 Å². The van der Waals surface area contributed by atoms with E-state index in [4.69, 9.17) is 18.9 Å². The molecular formula is C10H17NO4. The van der Waals surface area contributed by atoms with Crippen LogP contribution in [0.25, 0.3) is 0 Å². The lowest BCUT2D eigenvalue weighted by atomic mass is 10.0. The van der Waals surface area contributed by atoms with Gasteiger partial charge in [0, 0.05) is 12.6 Å². The highest BCUT2D eigenvalue weighted by Crippen LogP contribution is 2.30. The number of rotatable bonds is 1. The number of fused-ring (bicyclic) bond motifs is 1. The number of ether oxygens (including phenoxy) is 4. The molecule has 0 spiro atoms. The Labute approximate surface area is 89.0 Å². The van der Waals surface area contributed by atoms with Gasteiger partial charge in [0.1, 0.15) is 18.3 Å². The Morgan fingerprint density at radius 3 is 2.47 bits per heavy atom. The third kappa shape index (κ3) is 1.90. The molecule has 0 aromatic carbocycles. The molecule has 3 rings (SSSR count). The van der Waals surface area contributed by atoms with E-state index in [0.717, 1.165) is 6.54 Å². The lowest BCUT2D eigenvalue weighted by molar-refractivity contribution is -0.350. The minimum absolute atomic E-state index is 0.00458. The molecule has 3 heterocycles. The van der Waals surface area contributed by atoms with Crippen molar-refractivity contribution in [3.05, 3.63) is 0 Å². The SMILES string of the molecule is C[C@H]1OC[C@@H]2O[C@@H](C)O[C@@H]([C@@H]3CN3)[C@@H]2O1. The largest absolute Gasteiger partial charge is 0.350 e. The van der Waals surface area contributed by atoms with E-state index in [-0.39, 0.29) is 30.9 Å². The second kappa shape index (κ2) is 3.68. The predicted octanol–water partition coefficient (Wildman–Crippen LogP) is -0.150. The van der Waals surface area contributed by atoms with E-state index in [1.165, 1.54) is 0 Å². The summed E-state index contributed by atoms with van der Waals surface area (Å²) in [4.78, 5) is 0. The molecule has 0 aromatic heterocycles. The van der Waals surface area contributed by atoms with E-state index in [1.807, 2.05) is 13.8 Å². The van der Waals surface area contributed by atoms with Gasteiger partial charge in [-0.2, -0.15) is 0 Å². The number of hydrogen-bond acceptors (Lipinski definition) is 5. The molecule has 0 radical (unpaired) electrons. The molecule has 15 heavy (non-hydrogen) atoms. The number of hydrogen-bond donors (Lipinski definition) is 1. The first-order chi connectivity index (χ1) is 7.24. The van der Waals surface area contributed by atoms with E-state index in [0.29, 0.717) is 12.6 Å². The Kier molecular flexibility index (Phi) is 2.45. The van der Waals surface area contributed by atoms with E-state index < -0.39 is 0 Å². The van der Waals surface area contributed by atoms with Crippen LogP contribution < -0.4 is 5.32 Å². The zero-order chi connectivity index (χ0) is 10.4. The van der Waals surface area contributed by atoms with Crippen molar-refractivity contribution in [2.45, 2.75) is 50.8 Å². The van der Waals surface area contributed by atoms with Crippen LogP contribution in [-0.4, -0.2) is 50.1 Å². The van der Waals surface area contributed by atoms with Crippen LogP contribution in [-0.2, 0) is 18.9 Å². The lowest BCUT2D eigenvalue weighted by Gasteiger charge is -2.44. The Balaban J connectivity index is 1.74. The van der Waals surface area contributed by atoms with E-state index in [9.17, 15) is 0 Å². The summed E-state index contributed by atoms with van der Waals surface area (Å²) in [6.45, 7) is 5.44. The molecule has 0 unspecified atom stereocenters. The van der Waals surface area contributed by atoms with Crippen molar-refractivity contribution in [1.82, 2.24) is 5.32 Å². The molecule has 6 atom stereocenters. The molecule has 0 amide bonds. The average Bonchev–Trinajstić information content (AvgIpc) is 3.01. The summed E-state index contributed by atoms with van der Waals surface area (Å²) in [6, 6.07) is 0.425. The van der Waals surface area contributed by atoms with Crippen LogP contribution in [0.4, 0.5) is 0 Å².